The van der Waals surface area contributed by atoms with E-state index in [1.807, 2.05) is 25.1 Å². The molecule has 0 radical (unpaired) electrons. The number of anilines is 1. The molecule has 9 heteroatoms. The summed E-state index contributed by atoms with van der Waals surface area (Å²) in [6, 6.07) is 15.0. The van der Waals surface area contributed by atoms with Gasteiger partial charge in [-0.25, -0.2) is 8.42 Å². The minimum atomic E-state index is -3.80. The number of hydrogen-bond acceptors (Lipinski definition) is 5. The highest BCUT2D eigenvalue weighted by Crippen LogP contribution is 2.21. The van der Waals surface area contributed by atoms with E-state index in [4.69, 9.17) is 0 Å². The summed E-state index contributed by atoms with van der Waals surface area (Å²) in [5.74, 6) is -0.591. The molecule has 1 heterocycles. The maximum Gasteiger partial charge on any atom is 0.262 e. The number of pyridine rings is 1. The summed E-state index contributed by atoms with van der Waals surface area (Å²) < 4.78 is 28.1. The molecular weight excluding hydrogens is 440 g/mol. The third-order valence-corrected chi connectivity index (χ3v) is 6.41. The summed E-state index contributed by atoms with van der Waals surface area (Å²) in [6.45, 7) is 4.09. The molecule has 0 atom stereocenters. The molecule has 0 saturated heterocycles. The van der Waals surface area contributed by atoms with Crippen molar-refractivity contribution in [2.24, 2.45) is 0 Å². The molecule has 0 aliphatic carbocycles. The number of carbonyl (C=O) groups is 2. The van der Waals surface area contributed by atoms with E-state index in [0.29, 0.717) is 12.1 Å². The van der Waals surface area contributed by atoms with Crippen LogP contribution in [0.25, 0.3) is 0 Å². The topological polar surface area (TPSA) is 117 Å². The van der Waals surface area contributed by atoms with Crippen LogP contribution in [-0.2, 0) is 21.4 Å². The Morgan fingerprint density at radius 2 is 1.70 bits per heavy atom. The van der Waals surface area contributed by atoms with Crippen molar-refractivity contribution in [2.45, 2.75) is 31.7 Å². The first-order chi connectivity index (χ1) is 15.7. The van der Waals surface area contributed by atoms with Crippen LogP contribution in [0, 0.1) is 13.8 Å². The molecular formula is C24H26N4O4S. The van der Waals surface area contributed by atoms with Gasteiger partial charge in [0, 0.05) is 43.2 Å². The van der Waals surface area contributed by atoms with E-state index in [1.165, 1.54) is 6.07 Å². The van der Waals surface area contributed by atoms with Gasteiger partial charge in [-0.05, 0) is 66.9 Å². The normalized spacial score (nSPS) is 11.0. The molecule has 3 rings (SSSR count). The molecule has 3 aromatic rings. The van der Waals surface area contributed by atoms with Crippen LogP contribution < -0.4 is 15.4 Å². The van der Waals surface area contributed by atoms with Crippen LogP contribution in [0.15, 0.2) is 71.9 Å². The van der Waals surface area contributed by atoms with Crippen LogP contribution in [0.3, 0.4) is 0 Å². The van der Waals surface area contributed by atoms with Gasteiger partial charge in [0.05, 0.1) is 4.90 Å². The Bertz CT molecular complexity index is 1240. The van der Waals surface area contributed by atoms with Gasteiger partial charge in [0.25, 0.3) is 15.9 Å². The van der Waals surface area contributed by atoms with E-state index in [0.717, 1.165) is 11.1 Å². The first kappa shape index (κ1) is 23.9. The lowest BCUT2D eigenvalue weighted by Crippen LogP contribution is -2.30. The first-order valence-electron chi connectivity index (χ1n) is 10.4. The average molecular weight is 467 g/mol. The van der Waals surface area contributed by atoms with Crippen LogP contribution in [0.2, 0.25) is 0 Å². The van der Waals surface area contributed by atoms with E-state index in [9.17, 15) is 18.0 Å². The average Bonchev–Trinajstić information content (AvgIpc) is 2.79. The molecule has 172 valence electrons. The van der Waals surface area contributed by atoms with Crippen LogP contribution in [0.1, 0.15) is 33.5 Å². The number of hydrogen-bond donors (Lipinski definition) is 3. The quantitative estimate of drug-likeness (QED) is 0.448. The SMILES string of the molecule is Cc1ccc(C)c(S(=O)(=O)Nc2cccc(C(=O)NCCC(=O)NCc3ccncc3)c2)c1. The number of carbonyl (C=O) groups excluding carboxylic acids is 2. The fourth-order valence-corrected chi connectivity index (χ4v) is 4.49. The van der Waals surface area contributed by atoms with Crippen LogP contribution in [0.5, 0.6) is 0 Å². The van der Waals surface area contributed by atoms with Crippen molar-refractivity contribution >= 4 is 27.5 Å². The Balaban J connectivity index is 1.55. The number of amides is 2. The second-order valence-corrected chi connectivity index (χ2v) is 9.24. The van der Waals surface area contributed by atoms with Crippen LogP contribution in [0.4, 0.5) is 5.69 Å². The maximum absolute atomic E-state index is 12.8. The van der Waals surface area contributed by atoms with Crippen molar-refractivity contribution in [1.29, 1.82) is 0 Å². The number of benzene rings is 2. The molecule has 0 saturated carbocycles. The van der Waals surface area contributed by atoms with Gasteiger partial charge in [0.15, 0.2) is 0 Å². The van der Waals surface area contributed by atoms with E-state index in [1.54, 1.807) is 49.6 Å². The number of nitrogens with zero attached hydrogens (tertiary/aromatic N) is 1. The fourth-order valence-electron chi connectivity index (χ4n) is 3.11. The Kier molecular flexibility index (Phi) is 7.78. The van der Waals surface area contributed by atoms with E-state index in [-0.39, 0.29) is 35.0 Å². The Morgan fingerprint density at radius 3 is 2.45 bits per heavy atom. The largest absolute Gasteiger partial charge is 0.352 e. The highest BCUT2D eigenvalue weighted by molar-refractivity contribution is 7.92. The summed E-state index contributed by atoms with van der Waals surface area (Å²) in [5.41, 5.74) is 2.96. The van der Waals surface area contributed by atoms with Crippen molar-refractivity contribution in [3.05, 3.63) is 89.2 Å². The number of rotatable bonds is 9. The lowest BCUT2D eigenvalue weighted by molar-refractivity contribution is -0.121. The van der Waals surface area contributed by atoms with Crippen LogP contribution >= 0.6 is 0 Å². The van der Waals surface area contributed by atoms with Crippen molar-refractivity contribution in [1.82, 2.24) is 15.6 Å². The van der Waals surface area contributed by atoms with Gasteiger partial charge in [-0.2, -0.15) is 0 Å². The second kappa shape index (κ2) is 10.7. The Hall–Kier alpha value is -3.72. The summed E-state index contributed by atoms with van der Waals surface area (Å²) in [4.78, 5) is 28.6. The summed E-state index contributed by atoms with van der Waals surface area (Å²) >= 11 is 0. The molecule has 2 amide bonds. The number of aryl methyl sites for hydroxylation is 2. The second-order valence-electron chi connectivity index (χ2n) is 7.59. The van der Waals surface area contributed by atoms with Crippen LogP contribution in [-0.4, -0.2) is 31.8 Å². The number of sulfonamides is 1. The van der Waals surface area contributed by atoms with E-state index in [2.05, 4.69) is 20.3 Å². The molecule has 0 bridgehead atoms. The molecule has 0 fully saturated rings. The van der Waals surface area contributed by atoms with Crippen molar-refractivity contribution in [2.75, 3.05) is 11.3 Å². The maximum atomic E-state index is 12.8. The third kappa shape index (κ3) is 6.88. The monoisotopic (exact) mass is 466 g/mol. The zero-order valence-corrected chi connectivity index (χ0v) is 19.3. The predicted octanol–water partition coefficient (Wildman–Crippen LogP) is 2.94. The highest BCUT2D eigenvalue weighted by atomic mass is 32.2. The zero-order chi connectivity index (χ0) is 23.8. The van der Waals surface area contributed by atoms with Gasteiger partial charge in [0.2, 0.25) is 5.91 Å². The standard InChI is InChI=1S/C24H26N4O4S/c1-17-6-7-18(2)22(14-17)33(31,32)28-21-5-3-4-20(15-21)24(30)26-13-10-23(29)27-16-19-8-11-25-12-9-19/h3-9,11-12,14-15,28H,10,13,16H2,1-2H3,(H,26,30)(H,27,29). The molecule has 1 aromatic heterocycles. The molecule has 2 aromatic carbocycles. The molecule has 0 unspecified atom stereocenters. The lowest BCUT2D eigenvalue weighted by Gasteiger charge is -2.12. The summed E-state index contributed by atoms with van der Waals surface area (Å²) in [6.07, 6.45) is 3.42. The van der Waals surface area contributed by atoms with Crippen molar-refractivity contribution in [3.8, 4) is 0 Å². The van der Waals surface area contributed by atoms with E-state index < -0.39 is 15.9 Å². The third-order valence-electron chi connectivity index (χ3n) is 4.89. The summed E-state index contributed by atoms with van der Waals surface area (Å²) in [5, 5.41) is 5.46. The number of nitrogens with one attached hydrogen (secondary N) is 3. The van der Waals surface area contributed by atoms with Gasteiger partial charge in [-0.3, -0.25) is 19.3 Å². The van der Waals surface area contributed by atoms with Gasteiger partial charge < -0.3 is 10.6 Å². The minimum absolute atomic E-state index is 0.121. The zero-order valence-electron chi connectivity index (χ0n) is 18.5. The van der Waals surface area contributed by atoms with Crippen molar-refractivity contribution < 1.29 is 18.0 Å². The minimum Gasteiger partial charge on any atom is -0.352 e. The molecule has 8 nitrogen and oxygen atoms in total. The highest BCUT2D eigenvalue weighted by Gasteiger charge is 2.18. The first-order valence-corrected chi connectivity index (χ1v) is 11.9. The lowest BCUT2D eigenvalue weighted by atomic mass is 10.2. The van der Waals surface area contributed by atoms with Gasteiger partial charge in [-0.15, -0.1) is 0 Å². The molecule has 0 aliphatic rings. The fraction of sp³-hybridized carbons (Fsp3) is 0.208. The predicted molar refractivity (Wildman–Crippen MR) is 126 cm³/mol. The van der Waals surface area contributed by atoms with Crippen molar-refractivity contribution in [3.63, 3.8) is 0 Å². The molecule has 0 aliphatic heterocycles. The summed E-state index contributed by atoms with van der Waals surface area (Å²) in [7, 11) is -3.80. The molecule has 0 spiro atoms. The van der Waals surface area contributed by atoms with Gasteiger partial charge in [0.1, 0.15) is 0 Å². The molecule has 33 heavy (non-hydrogen) atoms. The van der Waals surface area contributed by atoms with Gasteiger partial charge in [-0.1, -0.05) is 18.2 Å². The Labute approximate surface area is 193 Å². The van der Waals surface area contributed by atoms with E-state index >= 15 is 0 Å². The van der Waals surface area contributed by atoms with Gasteiger partial charge >= 0.3 is 0 Å². The Morgan fingerprint density at radius 1 is 0.939 bits per heavy atom. The molecule has 3 N–H and O–H groups in total. The smallest absolute Gasteiger partial charge is 0.262 e. The number of aromatic nitrogens is 1.